The van der Waals surface area contributed by atoms with Crippen LogP contribution < -0.4 is 11.1 Å². The number of hydrogen-bond donors (Lipinski definition) is 2. The maximum Gasteiger partial charge on any atom is 0.341 e. The zero-order valence-corrected chi connectivity index (χ0v) is 11.1. The van der Waals surface area contributed by atoms with E-state index in [9.17, 15) is 9.59 Å². The molecule has 0 unspecified atom stereocenters. The maximum atomic E-state index is 11.6. The summed E-state index contributed by atoms with van der Waals surface area (Å²) in [5.41, 5.74) is 6.69. The summed E-state index contributed by atoms with van der Waals surface area (Å²) in [6, 6.07) is -0.622. The molecule has 1 aromatic heterocycles. The van der Waals surface area contributed by atoms with Gasteiger partial charge < -0.3 is 15.8 Å². The van der Waals surface area contributed by atoms with Crippen molar-refractivity contribution in [2.75, 3.05) is 12.4 Å². The molecule has 94 valence electrons. The quantitative estimate of drug-likeness (QED) is 0.802. The van der Waals surface area contributed by atoms with Crippen LogP contribution in [-0.2, 0) is 9.53 Å². The molecule has 0 spiro atoms. The summed E-state index contributed by atoms with van der Waals surface area (Å²) in [5.74, 6) is -0.775. The summed E-state index contributed by atoms with van der Waals surface area (Å²) in [5, 5.41) is 3.14. The minimum atomic E-state index is -0.622. The van der Waals surface area contributed by atoms with Crippen LogP contribution in [0.1, 0.15) is 27.7 Å². The predicted octanol–water partition coefficient (Wildman–Crippen LogP) is 1.44. The van der Waals surface area contributed by atoms with E-state index in [4.69, 9.17) is 10.5 Å². The van der Waals surface area contributed by atoms with Crippen LogP contribution in [0.25, 0.3) is 0 Å². The highest BCUT2D eigenvalue weighted by Crippen LogP contribution is 2.32. The number of methoxy groups -OCH3 is 1. The Bertz CT molecular complexity index is 452. The first-order valence-electron chi connectivity index (χ1n) is 5.13. The Morgan fingerprint density at radius 3 is 2.47 bits per heavy atom. The smallest absolute Gasteiger partial charge is 0.341 e. The summed E-state index contributed by atoms with van der Waals surface area (Å²) in [6.45, 7) is 5.29. The van der Waals surface area contributed by atoms with Gasteiger partial charge in [-0.2, -0.15) is 0 Å². The Morgan fingerprint density at radius 1 is 1.41 bits per heavy atom. The van der Waals surface area contributed by atoms with Crippen molar-refractivity contribution in [1.29, 1.82) is 0 Å². The number of hydrogen-bond acceptors (Lipinski definition) is 5. The van der Waals surface area contributed by atoms with E-state index < -0.39 is 12.0 Å². The van der Waals surface area contributed by atoms with Gasteiger partial charge in [0.1, 0.15) is 5.00 Å². The maximum absolute atomic E-state index is 11.6. The minimum Gasteiger partial charge on any atom is -0.465 e. The molecule has 0 aliphatic rings. The van der Waals surface area contributed by atoms with Gasteiger partial charge in [0.05, 0.1) is 18.7 Å². The summed E-state index contributed by atoms with van der Waals surface area (Å²) in [6.07, 6.45) is 0. The van der Waals surface area contributed by atoms with E-state index in [1.807, 2.05) is 13.8 Å². The van der Waals surface area contributed by atoms with Gasteiger partial charge in [-0.15, -0.1) is 11.3 Å². The number of nitrogens with one attached hydrogen (secondary N) is 1. The van der Waals surface area contributed by atoms with Gasteiger partial charge in [0.15, 0.2) is 0 Å². The molecule has 6 heteroatoms. The number of thiophene rings is 1. The lowest BCUT2D eigenvalue weighted by Crippen LogP contribution is -2.32. The van der Waals surface area contributed by atoms with Crippen LogP contribution in [-0.4, -0.2) is 25.0 Å². The summed E-state index contributed by atoms with van der Waals surface area (Å²) in [7, 11) is 1.31. The first kappa shape index (κ1) is 13.7. The number of carbonyl (C=O) groups excluding carboxylic acids is 2. The van der Waals surface area contributed by atoms with Crippen LogP contribution in [0.15, 0.2) is 0 Å². The SMILES string of the molecule is COC(=O)c1c(NC(=O)[C@H](C)N)sc(C)c1C. The molecule has 0 radical (unpaired) electrons. The number of esters is 1. The van der Waals surface area contributed by atoms with Crippen LogP contribution in [0.3, 0.4) is 0 Å². The fraction of sp³-hybridized carbons (Fsp3) is 0.455. The highest BCUT2D eigenvalue weighted by Gasteiger charge is 2.22. The van der Waals surface area contributed by atoms with Crippen LogP contribution in [0.4, 0.5) is 5.00 Å². The van der Waals surface area contributed by atoms with E-state index in [0.29, 0.717) is 10.6 Å². The monoisotopic (exact) mass is 256 g/mol. The molecule has 3 N–H and O–H groups in total. The number of amides is 1. The van der Waals surface area contributed by atoms with Gasteiger partial charge in [-0.25, -0.2) is 4.79 Å². The second-order valence-corrected chi connectivity index (χ2v) is 4.98. The van der Waals surface area contributed by atoms with Gasteiger partial charge in [-0.3, -0.25) is 4.79 Å². The molecule has 0 saturated carbocycles. The number of ether oxygens (including phenoxy) is 1. The fourth-order valence-electron chi connectivity index (χ4n) is 1.29. The summed E-state index contributed by atoms with van der Waals surface area (Å²) in [4.78, 5) is 24.1. The first-order valence-corrected chi connectivity index (χ1v) is 5.94. The molecule has 1 atom stereocenters. The Balaban J connectivity index is 3.11. The summed E-state index contributed by atoms with van der Waals surface area (Å²) < 4.78 is 4.70. The van der Waals surface area contributed by atoms with E-state index >= 15 is 0 Å². The molecule has 0 fully saturated rings. The zero-order chi connectivity index (χ0) is 13.2. The van der Waals surface area contributed by atoms with Gasteiger partial charge in [-0.05, 0) is 26.3 Å². The highest BCUT2D eigenvalue weighted by molar-refractivity contribution is 7.16. The zero-order valence-electron chi connectivity index (χ0n) is 10.3. The summed E-state index contributed by atoms with van der Waals surface area (Å²) >= 11 is 1.34. The van der Waals surface area contributed by atoms with E-state index in [2.05, 4.69) is 5.32 Å². The normalized spacial score (nSPS) is 12.1. The Hall–Kier alpha value is -1.40. The van der Waals surface area contributed by atoms with Crippen molar-refractivity contribution in [3.8, 4) is 0 Å². The molecule has 17 heavy (non-hydrogen) atoms. The molecule has 0 aliphatic carbocycles. The van der Waals surface area contributed by atoms with E-state index in [-0.39, 0.29) is 5.91 Å². The van der Waals surface area contributed by atoms with Gasteiger partial charge in [0.25, 0.3) is 0 Å². The third-order valence-corrected chi connectivity index (χ3v) is 3.55. The standard InChI is InChI=1S/C11H16N2O3S/c1-5-7(3)17-10(8(5)11(15)16-4)13-9(14)6(2)12/h6H,12H2,1-4H3,(H,13,14)/t6-/m0/s1. The molecule has 1 aromatic rings. The predicted molar refractivity (Wildman–Crippen MR) is 67.4 cm³/mol. The van der Waals surface area contributed by atoms with Gasteiger partial charge >= 0.3 is 5.97 Å². The van der Waals surface area contributed by atoms with Gasteiger partial charge in [-0.1, -0.05) is 0 Å². The Labute approximate surface area is 104 Å². The highest BCUT2D eigenvalue weighted by atomic mass is 32.1. The van der Waals surface area contributed by atoms with Crippen LogP contribution in [0.2, 0.25) is 0 Å². The third kappa shape index (κ3) is 2.83. The molecule has 0 aromatic carbocycles. The fourth-order valence-corrected chi connectivity index (χ4v) is 2.34. The number of nitrogens with two attached hydrogens (primary N) is 1. The van der Waals surface area contributed by atoms with Crippen molar-refractivity contribution in [2.24, 2.45) is 5.73 Å². The molecule has 1 amide bonds. The van der Waals surface area contributed by atoms with E-state index in [0.717, 1.165) is 10.4 Å². The third-order valence-electron chi connectivity index (χ3n) is 2.43. The van der Waals surface area contributed by atoms with Crippen LogP contribution in [0.5, 0.6) is 0 Å². The average Bonchev–Trinajstić information content (AvgIpc) is 2.53. The van der Waals surface area contributed by atoms with Crippen molar-refractivity contribution >= 4 is 28.2 Å². The topological polar surface area (TPSA) is 81.4 Å². The van der Waals surface area contributed by atoms with Gasteiger partial charge in [0.2, 0.25) is 5.91 Å². The van der Waals surface area contributed by atoms with Crippen LogP contribution >= 0.6 is 11.3 Å². The number of rotatable bonds is 3. The molecule has 1 rings (SSSR count). The van der Waals surface area contributed by atoms with E-state index in [1.165, 1.54) is 18.4 Å². The molecule has 1 heterocycles. The van der Waals surface area contributed by atoms with Crippen molar-refractivity contribution in [3.63, 3.8) is 0 Å². The molecule has 0 bridgehead atoms. The second-order valence-electron chi connectivity index (χ2n) is 3.76. The van der Waals surface area contributed by atoms with Crippen molar-refractivity contribution in [3.05, 3.63) is 16.0 Å². The molecule has 0 saturated heterocycles. The van der Waals surface area contributed by atoms with Crippen molar-refractivity contribution in [1.82, 2.24) is 0 Å². The van der Waals surface area contributed by atoms with Crippen molar-refractivity contribution in [2.45, 2.75) is 26.8 Å². The van der Waals surface area contributed by atoms with E-state index in [1.54, 1.807) is 6.92 Å². The Kier molecular flexibility index (Phi) is 4.25. The lowest BCUT2D eigenvalue weighted by Gasteiger charge is -2.07. The molecular formula is C11H16N2O3S. The largest absolute Gasteiger partial charge is 0.465 e. The lowest BCUT2D eigenvalue weighted by molar-refractivity contribution is -0.117. The minimum absolute atomic E-state index is 0.323. The average molecular weight is 256 g/mol. The molecular weight excluding hydrogens is 240 g/mol. The number of aryl methyl sites for hydroxylation is 1. The lowest BCUT2D eigenvalue weighted by atomic mass is 10.1. The second kappa shape index (κ2) is 5.29. The van der Waals surface area contributed by atoms with Gasteiger partial charge in [0, 0.05) is 4.88 Å². The molecule has 0 aliphatic heterocycles. The first-order chi connectivity index (χ1) is 7.88. The molecule has 5 nitrogen and oxygen atoms in total. The Morgan fingerprint density at radius 2 is 2.00 bits per heavy atom. The van der Waals surface area contributed by atoms with Crippen LogP contribution in [0, 0.1) is 13.8 Å². The number of carbonyl (C=O) groups is 2. The number of anilines is 1. The van der Waals surface area contributed by atoms with Crippen molar-refractivity contribution < 1.29 is 14.3 Å².